The number of ether oxygens (including phenoxy) is 3. The van der Waals surface area contributed by atoms with Crippen LogP contribution in [0.5, 0.6) is 11.5 Å². The molecule has 2 aromatic carbocycles. The molecule has 0 radical (unpaired) electrons. The van der Waals surface area contributed by atoms with Gasteiger partial charge in [0.1, 0.15) is 36.6 Å². The van der Waals surface area contributed by atoms with Gasteiger partial charge in [-0.15, -0.1) is 5.92 Å². The van der Waals surface area contributed by atoms with Gasteiger partial charge in [-0.3, -0.25) is 4.90 Å². The zero-order valence-corrected chi connectivity index (χ0v) is 23.7. The van der Waals surface area contributed by atoms with E-state index in [0.717, 1.165) is 73.0 Å². The molecule has 5 rings (SSSR count). The predicted molar refractivity (Wildman–Crippen MR) is 160 cm³/mol. The topological polar surface area (TPSA) is 107 Å². The fourth-order valence-electron chi connectivity index (χ4n) is 4.35. The first kappa shape index (κ1) is 28.4. The highest BCUT2D eigenvalue weighted by Crippen LogP contribution is 2.35. The highest BCUT2D eigenvalue weighted by Gasteiger charge is 2.14. The summed E-state index contributed by atoms with van der Waals surface area (Å²) < 4.78 is 17.5. The minimum Gasteiger partial charge on any atom is -0.491 e. The summed E-state index contributed by atoms with van der Waals surface area (Å²) in [7, 11) is 0. The lowest BCUT2D eigenvalue weighted by Gasteiger charge is -2.26. The van der Waals surface area contributed by atoms with Gasteiger partial charge >= 0.3 is 0 Å². The third-order valence-corrected chi connectivity index (χ3v) is 6.77. The number of aromatic nitrogens is 4. The van der Waals surface area contributed by atoms with Crippen molar-refractivity contribution in [1.29, 1.82) is 0 Å². The third kappa shape index (κ3) is 7.95. The Balaban J connectivity index is 1.30. The molecule has 0 aliphatic carbocycles. The summed E-state index contributed by atoms with van der Waals surface area (Å²) in [6.45, 7) is 7.70. The number of rotatable bonds is 12. The summed E-state index contributed by atoms with van der Waals surface area (Å²) in [5.74, 6) is 7.91. The van der Waals surface area contributed by atoms with E-state index in [4.69, 9.17) is 25.8 Å². The lowest BCUT2D eigenvalue weighted by Crippen LogP contribution is -2.37. The number of hydrogen-bond donors (Lipinski definition) is 2. The number of nitrogens with one attached hydrogen (secondary N) is 2. The first-order valence-corrected chi connectivity index (χ1v) is 13.9. The van der Waals surface area contributed by atoms with Gasteiger partial charge in [0.2, 0.25) is 0 Å². The number of anilines is 3. The summed E-state index contributed by atoms with van der Waals surface area (Å²) in [4.78, 5) is 19.5. The average molecular weight is 574 g/mol. The maximum absolute atomic E-state index is 6.53. The van der Waals surface area contributed by atoms with E-state index in [1.807, 2.05) is 31.2 Å². The Morgan fingerprint density at radius 3 is 2.73 bits per heavy atom. The predicted octanol–water partition coefficient (Wildman–Crippen LogP) is 4.93. The smallest absolute Gasteiger partial charge is 0.144 e. The van der Waals surface area contributed by atoms with Crippen LogP contribution >= 0.6 is 11.6 Å². The van der Waals surface area contributed by atoms with E-state index in [1.165, 1.54) is 12.7 Å². The van der Waals surface area contributed by atoms with Crippen LogP contribution in [-0.4, -0.2) is 70.8 Å². The van der Waals surface area contributed by atoms with Gasteiger partial charge in [0.25, 0.3) is 0 Å². The standard InChI is InChI=1S/C30H32ClN7O3/c1-2-3-8-33-27-17-24-26(18-29(27)40-13-4-10-38-11-14-39-15-12-38)35-21-36-30(24)37-22-5-6-28(25(31)16-22)41-19-23-7-9-32-20-34-23/h5-7,9,16-18,20-21,33H,4,8,10-15,19H2,1H3,(H,35,36,37). The van der Waals surface area contributed by atoms with Crippen molar-refractivity contribution in [3.63, 3.8) is 0 Å². The zero-order valence-electron chi connectivity index (χ0n) is 22.9. The molecule has 10 nitrogen and oxygen atoms in total. The molecule has 2 N–H and O–H groups in total. The second-order valence-corrected chi connectivity index (χ2v) is 9.69. The molecule has 1 aliphatic rings. The van der Waals surface area contributed by atoms with Gasteiger partial charge in [-0.1, -0.05) is 17.5 Å². The molecule has 0 bridgehead atoms. The van der Waals surface area contributed by atoms with E-state index in [-0.39, 0.29) is 0 Å². The van der Waals surface area contributed by atoms with Gasteiger partial charge in [-0.25, -0.2) is 19.9 Å². The molecule has 3 heterocycles. The van der Waals surface area contributed by atoms with Gasteiger partial charge in [0.15, 0.2) is 0 Å². The van der Waals surface area contributed by atoms with Crippen LogP contribution in [-0.2, 0) is 11.3 Å². The van der Waals surface area contributed by atoms with E-state index in [2.05, 4.69) is 47.3 Å². The monoisotopic (exact) mass is 573 g/mol. The first-order valence-electron chi connectivity index (χ1n) is 13.5. The molecule has 41 heavy (non-hydrogen) atoms. The maximum atomic E-state index is 6.53. The van der Waals surface area contributed by atoms with Crippen LogP contribution in [0.2, 0.25) is 5.02 Å². The van der Waals surface area contributed by atoms with Gasteiger partial charge in [-0.2, -0.15) is 0 Å². The van der Waals surface area contributed by atoms with Crippen molar-refractivity contribution < 1.29 is 14.2 Å². The molecule has 1 saturated heterocycles. The van der Waals surface area contributed by atoms with Crippen LogP contribution < -0.4 is 20.1 Å². The molecule has 0 unspecified atom stereocenters. The average Bonchev–Trinajstić information content (AvgIpc) is 3.00. The van der Waals surface area contributed by atoms with E-state index in [1.54, 1.807) is 18.3 Å². The van der Waals surface area contributed by atoms with Gasteiger partial charge in [-0.05, 0) is 43.7 Å². The summed E-state index contributed by atoms with van der Waals surface area (Å²) in [5.41, 5.74) is 3.12. The van der Waals surface area contributed by atoms with Crippen molar-refractivity contribution in [2.45, 2.75) is 20.0 Å². The number of benzene rings is 2. The van der Waals surface area contributed by atoms with Crippen molar-refractivity contribution in [3.05, 3.63) is 66.0 Å². The van der Waals surface area contributed by atoms with Crippen LogP contribution in [0.1, 0.15) is 19.0 Å². The Morgan fingerprint density at radius 1 is 1.02 bits per heavy atom. The minimum absolute atomic E-state index is 0.293. The van der Waals surface area contributed by atoms with Crippen LogP contribution in [0.15, 0.2) is 55.2 Å². The van der Waals surface area contributed by atoms with Crippen LogP contribution in [0.25, 0.3) is 10.9 Å². The van der Waals surface area contributed by atoms with E-state index >= 15 is 0 Å². The fourth-order valence-corrected chi connectivity index (χ4v) is 4.59. The second-order valence-electron chi connectivity index (χ2n) is 9.28. The van der Waals surface area contributed by atoms with Crippen molar-refractivity contribution in [2.24, 2.45) is 0 Å². The Labute approximate surface area is 244 Å². The summed E-state index contributed by atoms with van der Waals surface area (Å²) in [6.07, 6.45) is 5.61. The third-order valence-electron chi connectivity index (χ3n) is 6.47. The molecular weight excluding hydrogens is 542 g/mol. The molecule has 0 amide bonds. The van der Waals surface area contributed by atoms with Crippen LogP contribution in [0.3, 0.4) is 0 Å². The van der Waals surface area contributed by atoms with Crippen LogP contribution in [0.4, 0.5) is 17.2 Å². The highest BCUT2D eigenvalue weighted by atomic mass is 35.5. The van der Waals surface area contributed by atoms with E-state index in [9.17, 15) is 0 Å². The van der Waals surface area contributed by atoms with Crippen molar-refractivity contribution in [1.82, 2.24) is 24.8 Å². The number of nitrogens with zero attached hydrogens (tertiary/aromatic N) is 5. The van der Waals surface area contributed by atoms with E-state index < -0.39 is 0 Å². The fraction of sp³-hybridized carbons (Fsp3) is 0.333. The molecule has 0 saturated carbocycles. The molecule has 212 valence electrons. The molecule has 2 aromatic heterocycles. The molecular formula is C30H32ClN7O3. The molecule has 4 aromatic rings. The van der Waals surface area contributed by atoms with Gasteiger partial charge in [0.05, 0.1) is 48.3 Å². The highest BCUT2D eigenvalue weighted by molar-refractivity contribution is 6.32. The summed E-state index contributed by atoms with van der Waals surface area (Å²) >= 11 is 6.53. The number of halogens is 1. The van der Waals surface area contributed by atoms with E-state index in [0.29, 0.717) is 36.3 Å². The van der Waals surface area contributed by atoms with Gasteiger partial charge in [0, 0.05) is 43.0 Å². The lowest BCUT2D eigenvalue weighted by molar-refractivity contribution is 0.0358. The first-order chi connectivity index (χ1) is 20.2. The summed E-state index contributed by atoms with van der Waals surface area (Å²) in [5, 5.41) is 8.05. The minimum atomic E-state index is 0.293. The lowest BCUT2D eigenvalue weighted by atomic mass is 10.1. The molecule has 11 heteroatoms. The van der Waals surface area contributed by atoms with Crippen molar-refractivity contribution >= 4 is 39.7 Å². The van der Waals surface area contributed by atoms with Crippen molar-refractivity contribution in [2.75, 3.05) is 56.6 Å². The van der Waals surface area contributed by atoms with Crippen molar-refractivity contribution in [3.8, 4) is 23.3 Å². The number of hydrogen-bond acceptors (Lipinski definition) is 10. The van der Waals surface area contributed by atoms with Gasteiger partial charge < -0.3 is 24.8 Å². The Bertz CT molecular complexity index is 1500. The normalized spacial score (nSPS) is 13.3. The Kier molecular flexibility index (Phi) is 10.0. The number of morpholine rings is 1. The van der Waals surface area contributed by atoms with Crippen LogP contribution in [0, 0.1) is 11.8 Å². The number of fused-ring (bicyclic) bond motifs is 1. The molecule has 0 atom stereocenters. The Hall–Kier alpha value is -4.17. The maximum Gasteiger partial charge on any atom is 0.144 e. The second kappa shape index (κ2) is 14.5. The molecule has 1 aliphatic heterocycles. The zero-order chi connectivity index (χ0) is 28.3. The molecule has 0 spiro atoms. The summed E-state index contributed by atoms with van der Waals surface area (Å²) in [6, 6.07) is 11.2. The molecule has 1 fully saturated rings. The quantitative estimate of drug-likeness (QED) is 0.179. The largest absolute Gasteiger partial charge is 0.491 e. The Morgan fingerprint density at radius 2 is 1.93 bits per heavy atom. The SMILES string of the molecule is CC#CCNc1cc2c(Nc3ccc(OCc4ccncn4)c(Cl)c3)ncnc2cc1OCCCN1CCOCC1.